The van der Waals surface area contributed by atoms with Crippen LogP contribution in [0.4, 0.5) is 0 Å². The fraction of sp³-hybridized carbons (Fsp3) is 0.500. The highest BCUT2D eigenvalue weighted by Crippen LogP contribution is 2.38. The molecule has 2 aliphatic heterocycles. The lowest BCUT2D eigenvalue weighted by Gasteiger charge is -2.44. The first-order chi connectivity index (χ1) is 14.6. The average molecular weight is 414 g/mol. The third-order valence-corrected chi connectivity index (χ3v) is 5.80. The number of hydrogen-bond acceptors (Lipinski definition) is 6. The number of ether oxygens (including phenoxy) is 6. The molecule has 0 aliphatic carbocycles. The Bertz CT molecular complexity index is 736. The van der Waals surface area contributed by atoms with Crippen LogP contribution in [0, 0.1) is 11.8 Å². The van der Waals surface area contributed by atoms with Crippen molar-refractivity contribution in [2.75, 3.05) is 27.4 Å². The second-order valence-corrected chi connectivity index (χ2v) is 8.03. The van der Waals surface area contributed by atoms with Gasteiger partial charge < -0.3 is 28.4 Å². The highest BCUT2D eigenvalue weighted by molar-refractivity contribution is 5.29. The first kappa shape index (κ1) is 21.1. The molecule has 4 rings (SSSR count). The lowest BCUT2D eigenvalue weighted by atomic mass is 9.90. The molecule has 0 amide bonds. The molecule has 2 saturated heterocycles. The van der Waals surface area contributed by atoms with Crippen molar-refractivity contribution < 1.29 is 28.4 Å². The number of rotatable bonds is 5. The topological polar surface area (TPSA) is 55.4 Å². The van der Waals surface area contributed by atoms with Crippen LogP contribution >= 0.6 is 0 Å². The van der Waals surface area contributed by atoms with Crippen LogP contribution < -0.4 is 9.47 Å². The van der Waals surface area contributed by atoms with E-state index in [2.05, 4.69) is 13.8 Å². The van der Waals surface area contributed by atoms with Gasteiger partial charge in [-0.3, -0.25) is 0 Å². The molecule has 0 spiro atoms. The predicted molar refractivity (Wildman–Crippen MR) is 111 cm³/mol. The SMILES string of the molecule is COc1ccc([C@@H]2OC[C@@H](C)[C@@H]([C@H]3O[C@H](c4ccc(OC)cc4)OC[C@H]3C)O2)cc1. The molecule has 162 valence electrons. The normalized spacial score (nSPS) is 31.9. The maximum Gasteiger partial charge on any atom is 0.184 e. The molecule has 6 atom stereocenters. The summed E-state index contributed by atoms with van der Waals surface area (Å²) >= 11 is 0. The van der Waals surface area contributed by atoms with E-state index in [1.165, 1.54) is 0 Å². The molecule has 6 heteroatoms. The summed E-state index contributed by atoms with van der Waals surface area (Å²) in [7, 11) is 3.31. The fourth-order valence-electron chi connectivity index (χ4n) is 3.97. The van der Waals surface area contributed by atoms with Crippen LogP contribution in [0.25, 0.3) is 0 Å². The summed E-state index contributed by atoms with van der Waals surface area (Å²) in [5, 5.41) is 0. The van der Waals surface area contributed by atoms with Gasteiger partial charge in [-0.15, -0.1) is 0 Å². The van der Waals surface area contributed by atoms with Gasteiger partial charge in [0.05, 0.1) is 39.6 Å². The minimum Gasteiger partial charge on any atom is -0.497 e. The zero-order valence-corrected chi connectivity index (χ0v) is 17.9. The van der Waals surface area contributed by atoms with Crippen molar-refractivity contribution in [1.29, 1.82) is 0 Å². The van der Waals surface area contributed by atoms with E-state index in [4.69, 9.17) is 28.4 Å². The summed E-state index contributed by atoms with van der Waals surface area (Å²) in [6, 6.07) is 15.6. The molecule has 30 heavy (non-hydrogen) atoms. The molecule has 0 radical (unpaired) electrons. The molecule has 2 heterocycles. The van der Waals surface area contributed by atoms with Gasteiger partial charge in [0.25, 0.3) is 0 Å². The van der Waals surface area contributed by atoms with Crippen LogP contribution in [0.3, 0.4) is 0 Å². The summed E-state index contributed by atoms with van der Waals surface area (Å²) in [4.78, 5) is 0. The van der Waals surface area contributed by atoms with Gasteiger partial charge in [0.2, 0.25) is 0 Å². The average Bonchev–Trinajstić information content (AvgIpc) is 2.80. The molecule has 2 aromatic carbocycles. The molecule has 0 bridgehead atoms. The largest absolute Gasteiger partial charge is 0.497 e. The highest BCUT2D eigenvalue weighted by atomic mass is 16.7. The molecule has 2 aliphatic rings. The van der Waals surface area contributed by atoms with Crippen molar-refractivity contribution >= 4 is 0 Å². The molecule has 0 aromatic heterocycles. The van der Waals surface area contributed by atoms with Gasteiger partial charge in [-0.1, -0.05) is 38.1 Å². The maximum atomic E-state index is 6.43. The van der Waals surface area contributed by atoms with Crippen molar-refractivity contribution in [2.24, 2.45) is 11.8 Å². The third kappa shape index (κ3) is 4.47. The van der Waals surface area contributed by atoms with E-state index in [0.717, 1.165) is 22.6 Å². The van der Waals surface area contributed by atoms with Crippen LogP contribution in [-0.4, -0.2) is 39.6 Å². The summed E-state index contributed by atoms with van der Waals surface area (Å²) < 4.78 is 35.3. The summed E-state index contributed by atoms with van der Waals surface area (Å²) in [6.45, 7) is 5.51. The second kappa shape index (κ2) is 9.35. The highest BCUT2D eigenvalue weighted by Gasteiger charge is 2.42. The van der Waals surface area contributed by atoms with Crippen molar-refractivity contribution in [2.45, 2.75) is 38.6 Å². The Morgan fingerprint density at radius 3 is 1.33 bits per heavy atom. The van der Waals surface area contributed by atoms with Crippen LogP contribution in [-0.2, 0) is 18.9 Å². The van der Waals surface area contributed by atoms with E-state index < -0.39 is 12.6 Å². The van der Waals surface area contributed by atoms with E-state index in [0.29, 0.717) is 13.2 Å². The number of hydrogen-bond donors (Lipinski definition) is 0. The lowest BCUT2D eigenvalue weighted by Crippen LogP contribution is -2.50. The van der Waals surface area contributed by atoms with E-state index in [1.54, 1.807) is 14.2 Å². The van der Waals surface area contributed by atoms with Gasteiger partial charge in [-0.05, 0) is 24.3 Å². The molecule has 2 fully saturated rings. The van der Waals surface area contributed by atoms with Crippen molar-refractivity contribution in [3.63, 3.8) is 0 Å². The van der Waals surface area contributed by atoms with Gasteiger partial charge >= 0.3 is 0 Å². The van der Waals surface area contributed by atoms with E-state index in [-0.39, 0.29) is 24.0 Å². The van der Waals surface area contributed by atoms with Gasteiger partial charge in [0, 0.05) is 23.0 Å². The maximum absolute atomic E-state index is 6.43. The minimum absolute atomic E-state index is 0.0921. The Morgan fingerprint density at radius 2 is 1.00 bits per heavy atom. The zero-order chi connectivity index (χ0) is 21.1. The molecule has 0 N–H and O–H groups in total. The van der Waals surface area contributed by atoms with E-state index in [9.17, 15) is 0 Å². The Labute approximate surface area is 178 Å². The van der Waals surface area contributed by atoms with Crippen LogP contribution in [0.5, 0.6) is 11.5 Å². The predicted octanol–water partition coefficient (Wildman–Crippen LogP) is 4.50. The molecule has 0 unspecified atom stereocenters. The van der Waals surface area contributed by atoms with Crippen LogP contribution in [0.2, 0.25) is 0 Å². The molecular weight excluding hydrogens is 384 g/mol. The second-order valence-electron chi connectivity index (χ2n) is 8.03. The van der Waals surface area contributed by atoms with Crippen molar-refractivity contribution in [3.05, 3.63) is 59.7 Å². The zero-order valence-electron chi connectivity index (χ0n) is 17.9. The Hall–Kier alpha value is -2.12. The van der Waals surface area contributed by atoms with Gasteiger partial charge in [0.1, 0.15) is 11.5 Å². The Balaban J connectivity index is 1.49. The first-order valence-corrected chi connectivity index (χ1v) is 10.4. The number of benzene rings is 2. The molecule has 2 aromatic rings. The van der Waals surface area contributed by atoms with Crippen molar-refractivity contribution in [1.82, 2.24) is 0 Å². The Kier molecular flexibility index (Phi) is 6.58. The van der Waals surface area contributed by atoms with E-state index >= 15 is 0 Å². The van der Waals surface area contributed by atoms with Gasteiger partial charge in [-0.2, -0.15) is 0 Å². The third-order valence-electron chi connectivity index (χ3n) is 5.80. The lowest BCUT2D eigenvalue weighted by molar-refractivity contribution is -0.314. The standard InChI is InChI=1S/C24H30O6/c1-15-13-27-23(17-5-9-19(25-3)10-6-17)29-21(15)22-16(2)14-28-24(30-22)18-7-11-20(26-4)12-8-18/h5-12,15-16,21-24H,13-14H2,1-4H3/t15-,16-,21+,22+,23-,24-/m1/s1. The first-order valence-electron chi connectivity index (χ1n) is 10.4. The summed E-state index contributed by atoms with van der Waals surface area (Å²) in [5.74, 6) is 2.04. The smallest absolute Gasteiger partial charge is 0.184 e. The molecule has 6 nitrogen and oxygen atoms in total. The van der Waals surface area contributed by atoms with Crippen LogP contribution in [0.15, 0.2) is 48.5 Å². The Morgan fingerprint density at radius 1 is 0.633 bits per heavy atom. The molecule has 0 saturated carbocycles. The van der Waals surface area contributed by atoms with E-state index in [1.807, 2.05) is 48.5 Å². The molecular formula is C24H30O6. The summed E-state index contributed by atoms with van der Waals surface area (Å²) in [5.41, 5.74) is 1.94. The monoisotopic (exact) mass is 414 g/mol. The summed E-state index contributed by atoms with van der Waals surface area (Å²) in [6.07, 6.45) is -1.03. The van der Waals surface area contributed by atoms with Gasteiger partial charge in [-0.25, -0.2) is 0 Å². The fourth-order valence-corrected chi connectivity index (χ4v) is 3.97. The van der Waals surface area contributed by atoms with Gasteiger partial charge in [0.15, 0.2) is 12.6 Å². The van der Waals surface area contributed by atoms with Crippen LogP contribution in [0.1, 0.15) is 37.6 Å². The minimum atomic E-state index is -0.421. The van der Waals surface area contributed by atoms with Crippen molar-refractivity contribution in [3.8, 4) is 11.5 Å². The quantitative estimate of drug-likeness (QED) is 0.718. The number of methoxy groups -OCH3 is 2.